The highest BCUT2D eigenvalue weighted by Crippen LogP contribution is 2.21. The van der Waals surface area contributed by atoms with Crippen LogP contribution >= 0.6 is 35.7 Å². The van der Waals surface area contributed by atoms with Gasteiger partial charge in [-0.1, -0.05) is 0 Å². The smallest absolute Gasteiger partial charge is 0.265 e. The second kappa shape index (κ2) is 5.62. The Morgan fingerprint density at radius 1 is 1.35 bits per heavy atom. The van der Waals surface area contributed by atoms with Gasteiger partial charge >= 0.3 is 0 Å². The molecule has 2 aromatic rings. The van der Waals surface area contributed by atoms with Gasteiger partial charge in [0, 0.05) is 20.9 Å². The normalized spacial score (nSPS) is 10.2. The van der Waals surface area contributed by atoms with E-state index in [0.717, 1.165) is 10.6 Å². The van der Waals surface area contributed by atoms with Gasteiger partial charge in [0.15, 0.2) is 0 Å². The quantitative estimate of drug-likeness (QED) is 0.657. The number of hydrogen-bond acceptors (Lipinski definition) is 4. The Balaban J connectivity index is 2.07. The van der Waals surface area contributed by atoms with E-state index in [4.69, 9.17) is 0 Å². The summed E-state index contributed by atoms with van der Waals surface area (Å²) in [7, 11) is 0. The summed E-state index contributed by atoms with van der Waals surface area (Å²) in [5, 5.41) is 4.69. The van der Waals surface area contributed by atoms with Crippen LogP contribution in [0, 0.1) is 0 Å². The molecule has 0 bridgehead atoms. The van der Waals surface area contributed by atoms with Gasteiger partial charge in [0.2, 0.25) is 0 Å². The lowest BCUT2D eigenvalue weighted by Crippen LogP contribution is -2.09. The molecule has 2 nitrogen and oxygen atoms in total. The van der Waals surface area contributed by atoms with E-state index in [1.807, 2.05) is 35.9 Å². The van der Waals surface area contributed by atoms with Gasteiger partial charge in [0.05, 0.1) is 4.88 Å². The minimum Gasteiger partial charge on any atom is -0.321 e. The lowest BCUT2D eigenvalue weighted by molar-refractivity contribution is 0.103. The third-order valence-electron chi connectivity index (χ3n) is 2.16. The van der Waals surface area contributed by atoms with Crippen LogP contribution in [0.2, 0.25) is 0 Å². The fourth-order valence-electron chi connectivity index (χ4n) is 1.31. The van der Waals surface area contributed by atoms with E-state index in [-0.39, 0.29) is 5.91 Å². The van der Waals surface area contributed by atoms with E-state index >= 15 is 0 Å². The number of nitrogens with one attached hydrogen (secondary N) is 1. The average molecular weight is 281 g/mol. The Hall–Kier alpha value is -0.910. The fraction of sp³-hybridized carbons (Fsp3) is 0.0833. The molecule has 0 aliphatic heterocycles. The van der Waals surface area contributed by atoms with Crippen molar-refractivity contribution in [3.05, 3.63) is 40.6 Å². The van der Waals surface area contributed by atoms with Crippen LogP contribution in [0.4, 0.5) is 5.69 Å². The molecule has 1 N–H and O–H groups in total. The number of rotatable bonds is 3. The van der Waals surface area contributed by atoms with Gasteiger partial charge < -0.3 is 5.32 Å². The summed E-state index contributed by atoms with van der Waals surface area (Å²) < 4.78 is 0. The van der Waals surface area contributed by atoms with Crippen LogP contribution in [0.3, 0.4) is 0 Å². The number of anilines is 1. The van der Waals surface area contributed by atoms with Crippen LogP contribution < -0.4 is 5.32 Å². The van der Waals surface area contributed by atoms with Crippen molar-refractivity contribution in [2.75, 3.05) is 11.6 Å². The van der Waals surface area contributed by atoms with E-state index in [1.54, 1.807) is 17.8 Å². The second-order valence-electron chi connectivity index (χ2n) is 3.35. The van der Waals surface area contributed by atoms with Gasteiger partial charge in [-0.2, -0.15) is 0 Å². The largest absolute Gasteiger partial charge is 0.321 e. The number of thiol groups is 1. The Kier molecular flexibility index (Phi) is 4.15. The second-order valence-corrected chi connectivity index (χ2v) is 5.66. The standard InChI is InChI=1S/C12H11NOS3/c1-16-10-4-2-8(3-5-10)13-12(14)11-6-9(15)7-17-11/h2-7,15H,1H3,(H,13,14). The molecule has 0 saturated heterocycles. The third kappa shape index (κ3) is 3.28. The molecule has 0 aliphatic carbocycles. The van der Waals surface area contributed by atoms with Crippen molar-refractivity contribution in [1.29, 1.82) is 0 Å². The van der Waals surface area contributed by atoms with Crippen LogP contribution in [-0.4, -0.2) is 12.2 Å². The highest BCUT2D eigenvalue weighted by atomic mass is 32.2. The summed E-state index contributed by atoms with van der Waals surface area (Å²) >= 11 is 7.25. The Bertz CT molecular complexity index is 519. The van der Waals surface area contributed by atoms with Crippen molar-refractivity contribution in [2.24, 2.45) is 0 Å². The molecule has 0 saturated carbocycles. The van der Waals surface area contributed by atoms with Crippen molar-refractivity contribution in [3.8, 4) is 0 Å². The third-order valence-corrected chi connectivity index (χ3v) is 4.26. The van der Waals surface area contributed by atoms with E-state index in [0.29, 0.717) is 4.88 Å². The number of benzene rings is 1. The molecule has 0 fully saturated rings. The molecule has 1 heterocycles. The first-order valence-corrected chi connectivity index (χ1v) is 7.47. The molecule has 2 rings (SSSR count). The lowest BCUT2D eigenvalue weighted by atomic mass is 10.3. The van der Waals surface area contributed by atoms with Crippen molar-refractivity contribution < 1.29 is 4.79 Å². The summed E-state index contributed by atoms with van der Waals surface area (Å²) in [6.07, 6.45) is 2.02. The number of carbonyl (C=O) groups excluding carboxylic acids is 1. The summed E-state index contributed by atoms with van der Waals surface area (Å²) in [4.78, 5) is 14.5. The van der Waals surface area contributed by atoms with Crippen molar-refractivity contribution in [3.63, 3.8) is 0 Å². The molecular formula is C12H11NOS3. The lowest BCUT2D eigenvalue weighted by Gasteiger charge is -2.04. The van der Waals surface area contributed by atoms with Gasteiger partial charge in [-0.05, 0) is 36.6 Å². The maximum atomic E-state index is 11.8. The van der Waals surface area contributed by atoms with E-state index < -0.39 is 0 Å². The maximum Gasteiger partial charge on any atom is 0.265 e. The Morgan fingerprint density at radius 2 is 2.06 bits per heavy atom. The Labute approximate surface area is 114 Å². The molecular weight excluding hydrogens is 270 g/mol. The zero-order chi connectivity index (χ0) is 12.3. The molecule has 0 unspecified atom stereocenters. The molecule has 88 valence electrons. The van der Waals surface area contributed by atoms with Crippen LogP contribution in [0.1, 0.15) is 9.67 Å². The predicted octanol–water partition coefficient (Wildman–Crippen LogP) is 4.01. The highest BCUT2D eigenvalue weighted by Gasteiger charge is 2.08. The maximum absolute atomic E-state index is 11.8. The van der Waals surface area contributed by atoms with Gasteiger partial charge in [0.1, 0.15) is 0 Å². The molecule has 0 atom stereocenters. The van der Waals surface area contributed by atoms with Crippen molar-refractivity contribution >= 4 is 47.3 Å². The first-order chi connectivity index (χ1) is 8.19. The Morgan fingerprint density at radius 3 is 2.59 bits per heavy atom. The average Bonchev–Trinajstić information content (AvgIpc) is 2.77. The number of carbonyl (C=O) groups is 1. The minimum absolute atomic E-state index is 0.0906. The van der Waals surface area contributed by atoms with Crippen molar-refractivity contribution in [1.82, 2.24) is 0 Å². The molecule has 0 radical (unpaired) electrons. The summed E-state index contributed by atoms with van der Waals surface area (Å²) in [5.74, 6) is -0.0906. The van der Waals surface area contributed by atoms with Gasteiger partial charge in [-0.15, -0.1) is 35.7 Å². The first-order valence-electron chi connectivity index (χ1n) is 4.92. The SMILES string of the molecule is CSc1ccc(NC(=O)c2cc(S)cs2)cc1. The van der Waals surface area contributed by atoms with Gasteiger partial charge in [0.25, 0.3) is 5.91 Å². The molecule has 0 aliphatic rings. The number of thioether (sulfide) groups is 1. The molecule has 1 amide bonds. The topological polar surface area (TPSA) is 29.1 Å². The number of amides is 1. The minimum atomic E-state index is -0.0906. The molecule has 1 aromatic heterocycles. The van der Waals surface area contributed by atoms with E-state index in [2.05, 4.69) is 17.9 Å². The number of thiophene rings is 1. The summed E-state index contributed by atoms with van der Waals surface area (Å²) in [6.45, 7) is 0. The van der Waals surface area contributed by atoms with Crippen LogP contribution in [-0.2, 0) is 0 Å². The van der Waals surface area contributed by atoms with Crippen molar-refractivity contribution in [2.45, 2.75) is 9.79 Å². The molecule has 0 spiro atoms. The van der Waals surface area contributed by atoms with Crippen LogP contribution in [0.25, 0.3) is 0 Å². The predicted molar refractivity (Wildman–Crippen MR) is 77.7 cm³/mol. The fourth-order valence-corrected chi connectivity index (χ4v) is 2.76. The summed E-state index contributed by atoms with van der Waals surface area (Å²) in [5.41, 5.74) is 0.807. The molecule has 1 aromatic carbocycles. The zero-order valence-corrected chi connectivity index (χ0v) is 11.7. The number of hydrogen-bond donors (Lipinski definition) is 2. The van der Waals surface area contributed by atoms with Crippen LogP contribution in [0.15, 0.2) is 45.5 Å². The molecule has 17 heavy (non-hydrogen) atoms. The first kappa shape index (κ1) is 12.5. The monoisotopic (exact) mass is 281 g/mol. The molecule has 5 heteroatoms. The van der Waals surface area contributed by atoms with Gasteiger partial charge in [-0.3, -0.25) is 4.79 Å². The van der Waals surface area contributed by atoms with E-state index in [1.165, 1.54) is 16.2 Å². The van der Waals surface area contributed by atoms with Gasteiger partial charge in [-0.25, -0.2) is 0 Å². The highest BCUT2D eigenvalue weighted by molar-refractivity contribution is 7.98. The zero-order valence-electron chi connectivity index (χ0n) is 9.14. The summed E-state index contributed by atoms with van der Waals surface area (Å²) in [6, 6.07) is 9.54. The van der Waals surface area contributed by atoms with Crippen LogP contribution in [0.5, 0.6) is 0 Å². The van der Waals surface area contributed by atoms with E-state index in [9.17, 15) is 4.79 Å².